The van der Waals surface area contributed by atoms with Gasteiger partial charge in [0.2, 0.25) is 5.69 Å². The number of fused-ring (bicyclic) bond motifs is 6. The molecule has 0 aliphatic carbocycles. The molecule has 0 aliphatic heterocycles. The van der Waals surface area contributed by atoms with Gasteiger partial charge in [-0.1, -0.05) is 66.7 Å². The van der Waals surface area contributed by atoms with Gasteiger partial charge in [-0.2, -0.15) is 5.26 Å². The number of aromatic nitrogens is 1. The Balaban J connectivity index is 1.65. The van der Waals surface area contributed by atoms with Crippen molar-refractivity contribution in [1.29, 1.82) is 5.26 Å². The molecular formula is C34H23N2S+. The number of hydrogen-bond donors (Lipinski definition) is 0. The van der Waals surface area contributed by atoms with Gasteiger partial charge in [0, 0.05) is 37.9 Å². The van der Waals surface area contributed by atoms with Crippen LogP contribution in [0.5, 0.6) is 0 Å². The number of pyridine rings is 1. The van der Waals surface area contributed by atoms with Crippen molar-refractivity contribution in [1.82, 2.24) is 0 Å². The molecule has 0 bridgehead atoms. The maximum Gasteiger partial charge on any atom is 0.213 e. The van der Waals surface area contributed by atoms with Crippen LogP contribution in [0.25, 0.3) is 64.1 Å². The zero-order valence-corrected chi connectivity index (χ0v) is 21.4. The number of rotatable bonds is 2. The number of benzene rings is 5. The third-order valence-corrected chi connectivity index (χ3v) is 8.74. The van der Waals surface area contributed by atoms with E-state index in [2.05, 4.69) is 122 Å². The second kappa shape index (κ2) is 8.27. The van der Waals surface area contributed by atoms with E-state index < -0.39 is 0 Å². The molecule has 0 N–H and O–H groups in total. The van der Waals surface area contributed by atoms with Crippen molar-refractivity contribution in [3.63, 3.8) is 0 Å². The quantitative estimate of drug-likeness (QED) is 0.176. The molecule has 0 fully saturated rings. The monoisotopic (exact) mass is 491 g/mol. The molecule has 0 saturated carbocycles. The first-order valence-electron chi connectivity index (χ1n) is 12.4. The Hall–Kier alpha value is -4.52. The summed E-state index contributed by atoms with van der Waals surface area (Å²) in [5, 5.41) is 17.5. The number of hydrogen-bond acceptors (Lipinski definition) is 2. The average molecular weight is 492 g/mol. The molecular weight excluding hydrogens is 468 g/mol. The van der Waals surface area contributed by atoms with E-state index in [9.17, 15) is 5.26 Å². The highest BCUT2D eigenvalue weighted by Gasteiger charge is 2.22. The fourth-order valence-electron chi connectivity index (χ4n) is 5.73. The second-order valence-electron chi connectivity index (χ2n) is 9.60. The van der Waals surface area contributed by atoms with Gasteiger partial charge in [-0.3, -0.25) is 0 Å². The summed E-state index contributed by atoms with van der Waals surface area (Å²) >= 11 is 1.81. The van der Waals surface area contributed by atoms with Crippen LogP contribution in [0.3, 0.4) is 0 Å². The maximum atomic E-state index is 10.3. The normalized spacial score (nSPS) is 11.5. The molecule has 0 spiro atoms. The molecule has 0 aliphatic rings. The Morgan fingerprint density at radius 2 is 1.35 bits per heavy atom. The van der Waals surface area contributed by atoms with Gasteiger partial charge in [0.25, 0.3) is 0 Å². The molecule has 5 aromatic carbocycles. The third kappa shape index (κ3) is 3.20. The molecule has 0 atom stereocenters. The SMILES string of the molecule is Cc1ccc2c(sc3c(-c4cc5ccccc5c5ccccc45)c(C#N)ccc32)c1-c1cccc[n+]1C. The Bertz CT molecular complexity index is 2070. The molecule has 2 aromatic heterocycles. The van der Waals surface area contributed by atoms with E-state index in [0.717, 1.165) is 11.1 Å². The lowest BCUT2D eigenvalue weighted by Gasteiger charge is -2.13. The molecule has 7 aromatic rings. The van der Waals surface area contributed by atoms with Crippen molar-refractivity contribution >= 4 is 53.1 Å². The predicted octanol–water partition coefficient (Wildman–Crippen LogP) is 8.70. The zero-order valence-electron chi connectivity index (χ0n) is 20.6. The minimum absolute atomic E-state index is 0.711. The van der Waals surface area contributed by atoms with E-state index >= 15 is 0 Å². The second-order valence-corrected chi connectivity index (χ2v) is 10.6. The van der Waals surface area contributed by atoms with Gasteiger partial charge in [-0.15, -0.1) is 11.3 Å². The van der Waals surface area contributed by atoms with Crippen molar-refractivity contribution in [3.05, 3.63) is 114 Å². The van der Waals surface area contributed by atoms with Crippen molar-refractivity contribution < 1.29 is 4.57 Å². The van der Waals surface area contributed by atoms with E-state index in [1.165, 1.54) is 58.5 Å². The average Bonchev–Trinajstić information content (AvgIpc) is 3.31. The lowest BCUT2D eigenvalue weighted by Crippen LogP contribution is -2.30. The van der Waals surface area contributed by atoms with Gasteiger partial charge in [0.05, 0.1) is 17.2 Å². The van der Waals surface area contributed by atoms with Crippen LogP contribution >= 0.6 is 11.3 Å². The highest BCUT2D eigenvalue weighted by Crippen LogP contribution is 2.47. The van der Waals surface area contributed by atoms with Crippen LogP contribution in [0.15, 0.2) is 103 Å². The van der Waals surface area contributed by atoms with Crippen molar-refractivity contribution in [2.24, 2.45) is 7.05 Å². The number of nitriles is 1. The molecule has 2 heterocycles. The van der Waals surface area contributed by atoms with Crippen molar-refractivity contribution in [2.45, 2.75) is 6.92 Å². The van der Waals surface area contributed by atoms with Gasteiger partial charge < -0.3 is 0 Å². The van der Waals surface area contributed by atoms with Crippen LogP contribution in [-0.2, 0) is 7.05 Å². The predicted molar refractivity (Wildman–Crippen MR) is 156 cm³/mol. The fourth-order valence-corrected chi connectivity index (χ4v) is 7.19. The smallest absolute Gasteiger partial charge is 0.201 e. The van der Waals surface area contributed by atoms with E-state index in [4.69, 9.17) is 0 Å². The number of thiophene rings is 1. The topological polar surface area (TPSA) is 27.7 Å². The Labute approximate surface area is 219 Å². The molecule has 0 radical (unpaired) electrons. The molecule has 2 nitrogen and oxygen atoms in total. The Morgan fingerprint density at radius 1 is 0.676 bits per heavy atom. The first kappa shape index (κ1) is 21.7. The lowest BCUT2D eigenvalue weighted by atomic mass is 9.90. The minimum atomic E-state index is 0.711. The summed E-state index contributed by atoms with van der Waals surface area (Å²) in [6.07, 6.45) is 2.10. The minimum Gasteiger partial charge on any atom is -0.201 e. The van der Waals surface area contributed by atoms with Crippen LogP contribution in [0.1, 0.15) is 11.1 Å². The third-order valence-electron chi connectivity index (χ3n) is 7.49. The van der Waals surface area contributed by atoms with Crippen LogP contribution in [0.4, 0.5) is 0 Å². The van der Waals surface area contributed by atoms with Crippen molar-refractivity contribution in [2.75, 3.05) is 0 Å². The lowest BCUT2D eigenvalue weighted by molar-refractivity contribution is -0.660. The standard InChI is InChI=1S/C34H23N2S/c1-21-14-16-27-28-17-15-23(20-35)32(34(28)37-33(27)31(21)30-13-7-8-18-36(30)2)29-19-22-9-3-4-10-24(22)25-11-5-6-12-26(25)29/h3-19H,1-2H3/q+1. The fraction of sp³-hybridized carbons (Fsp3) is 0.0588. The molecule has 3 heteroatoms. The summed E-state index contributed by atoms with van der Waals surface area (Å²) in [6.45, 7) is 2.19. The van der Waals surface area contributed by atoms with E-state index in [0.29, 0.717) is 5.56 Å². The van der Waals surface area contributed by atoms with E-state index in [-0.39, 0.29) is 0 Å². The summed E-state index contributed by atoms with van der Waals surface area (Å²) < 4.78 is 4.61. The van der Waals surface area contributed by atoms with Crippen LogP contribution in [-0.4, -0.2) is 0 Å². The van der Waals surface area contributed by atoms with E-state index in [1.54, 1.807) is 11.3 Å². The molecule has 0 saturated heterocycles. The molecule has 0 unspecified atom stereocenters. The summed E-state index contributed by atoms with van der Waals surface area (Å²) in [4.78, 5) is 0. The zero-order chi connectivity index (χ0) is 25.1. The van der Waals surface area contributed by atoms with Gasteiger partial charge in [-0.05, 0) is 57.8 Å². The summed E-state index contributed by atoms with van der Waals surface area (Å²) in [5.74, 6) is 0. The Morgan fingerprint density at radius 3 is 2.14 bits per heavy atom. The molecule has 7 rings (SSSR count). The highest BCUT2D eigenvalue weighted by atomic mass is 32.1. The number of nitrogens with zero attached hydrogens (tertiary/aromatic N) is 2. The van der Waals surface area contributed by atoms with Gasteiger partial charge in [0.15, 0.2) is 6.20 Å². The molecule has 174 valence electrons. The van der Waals surface area contributed by atoms with Gasteiger partial charge in [0.1, 0.15) is 7.05 Å². The van der Waals surface area contributed by atoms with Gasteiger partial charge in [-0.25, -0.2) is 4.57 Å². The first-order valence-corrected chi connectivity index (χ1v) is 13.2. The largest absolute Gasteiger partial charge is 0.213 e. The van der Waals surface area contributed by atoms with Crippen molar-refractivity contribution in [3.8, 4) is 28.5 Å². The summed E-state index contributed by atoms with van der Waals surface area (Å²) in [5.41, 5.74) is 6.56. The summed E-state index contributed by atoms with van der Waals surface area (Å²) in [7, 11) is 2.10. The van der Waals surface area contributed by atoms with Crippen LogP contribution < -0.4 is 4.57 Å². The van der Waals surface area contributed by atoms with E-state index in [1.807, 2.05) is 6.07 Å². The first-order chi connectivity index (χ1) is 18.2. The molecule has 37 heavy (non-hydrogen) atoms. The van der Waals surface area contributed by atoms with Gasteiger partial charge >= 0.3 is 0 Å². The Kier molecular flexibility index (Phi) is 4.86. The summed E-state index contributed by atoms with van der Waals surface area (Å²) in [6, 6.07) is 36.8. The maximum absolute atomic E-state index is 10.3. The van der Waals surface area contributed by atoms with Crippen LogP contribution in [0, 0.1) is 18.3 Å². The highest BCUT2D eigenvalue weighted by molar-refractivity contribution is 7.27. The number of aryl methyl sites for hydroxylation is 2. The molecule has 0 amide bonds. The van der Waals surface area contributed by atoms with Crippen LogP contribution in [0.2, 0.25) is 0 Å².